The topological polar surface area (TPSA) is 385 Å². The number of rotatable bonds is 84. The molecule has 6 aromatic rings. The van der Waals surface area contributed by atoms with Crippen LogP contribution in [-0.2, 0) is 134 Å². The van der Waals surface area contributed by atoms with Gasteiger partial charge in [0.05, 0.1) is 52.5 Å². The van der Waals surface area contributed by atoms with Gasteiger partial charge in [-0.25, -0.2) is 19.2 Å². The monoisotopic (exact) mass is 2000 g/mol. The maximum absolute atomic E-state index is 12.5. The Morgan fingerprint density at radius 2 is 0.396 bits per heavy atom. The summed E-state index contributed by atoms with van der Waals surface area (Å²) in [5.74, 6) is -2.83. The number of nitrogens with two attached hydrogens (primary N) is 5. The molecule has 0 bridgehead atoms. The van der Waals surface area contributed by atoms with E-state index in [9.17, 15) is 43.2 Å². The van der Waals surface area contributed by atoms with Crippen LogP contribution < -0.4 is 28.7 Å². The third-order valence-corrected chi connectivity index (χ3v) is 25.2. The number of benzene rings is 6. The van der Waals surface area contributed by atoms with Crippen LogP contribution in [0.5, 0.6) is 0 Å². The number of esters is 9. The summed E-state index contributed by atoms with van der Waals surface area (Å²) in [6.45, 7) is 9.78. The van der Waals surface area contributed by atoms with Crippen molar-refractivity contribution in [2.24, 2.45) is 0 Å². The molecule has 25 nitrogen and oxygen atoms in total. The summed E-state index contributed by atoms with van der Waals surface area (Å²) in [5.41, 5.74) is 40.3. The van der Waals surface area contributed by atoms with Crippen molar-refractivity contribution in [3.05, 3.63) is 185 Å². The van der Waals surface area contributed by atoms with E-state index in [4.69, 9.17) is 80.8 Å². The van der Waals surface area contributed by atoms with Crippen molar-refractivity contribution >= 4 is 82.2 Å². The number of anilines is 5. The zero-order chi connectivity index (χ0) is 104. The molecule has 0 unspecified atom stereocenters. The first-order valence-electron chi connectivity index (χ1n) is 55.0. The van der Waals surface area contributed by atoms with Gasteiger partial charge in [-0.2, -0.15) is 0 Å². The molecule has 3 atom stereocenters. The van der Waals surface area contributed by atoms with E-state index in [0.29, 0.717) is 77.2 Å². The highest BCUT2D eigenvalue weighted by molar-refractivity contribution is 5.78. The Labute approximate surface area is 863 Å². The fourth-order valence-electron chi connectivity index (χ4n) is 16.6. The smallest absolute Gasteiger partial charge is 0.332 e. The van der Waals surface area contributed by atoms with E-state index in [1.807, 2.05) is 121 Å². The van der Waals surface area contributed by atoms with E-state index in [-0.39, 0.29) is 94.0 Å². The lowest BCUT2D eigenvalue weighted by atomic mass is 10.0. The van der Waals surface area contributed by atoms with Gasteiger partial charge >= 0.3 is 53.7 Å². The van der Waals surface area contributed by atoms with Crippen LogP contribution in [0.25, 0.3) is 0 Å². The first-order valence-corrected chi connectivity index (χ1v) is 55.0. The number of nitrogen functional groups attached to an aromatic ring is 5. The van der Waals surface area contributed by atoms with Crippen LogP contribution in [0.15, 0.2) is 146 Å². The summed E-state index contributed by atoms with van der Waals surface area (Å²) in [6.07, 6.45) is 53.8. The second-order valence-corrected chi connectivity index (χ2v) is 38.4. The summed E-state index contributed by atoms with van der Waals surface area (Å²) in [4.78, 5) is 110. The van der Waals surface area contributed by atoms with Gasteiger partial charge in [0.15, 0.2) is 0 Å². The molecule has 6 rings (SSSR count). The summed E-state index contributed by atoms with van der Waals surface area (Å²) in [6, 6.07) is 46.7. The number of ether oxygens (including phenoxy) is 11. The predicted octanol–water partition coefficient (Wildman–Crippen LogP) is 25.6. The van der Waals surface area contributed by atoms with Gasteiger partial charge < -0.3 is 80.8 Å². The number of carbonyl (C=O) groups excluding carboxylic acids is 9. The highest BCUT2D eigenvalue weighted by atomic mass is 16.6. The van der Waals surface area contributed by atoms with Crippen LogP contribution in [0, 0.1) is 6.92 Å². The van der Waals surface area contributed by atoms with E-state index in [1.165, 1.54) is 68.1 Å². The van der Waals surface area contributed by atoms with Crippen molar-refractivity contribution in [3.63, 3.8) is 0 Å². The Bertz CT molecular complexity index is 4270. The zero-order valence-electron chi connectivity index (χ0n) is 88.5. The number of unbranched alkanes of at least 4 members (excludes halogenated alkanes) is 30. The molecule has 0 aromatic heterocycles. The molecule has 10 N–H and O–H groups in total. The fourth-order valence-corrected chi connectivity index (χ4v) is 16.6. The van der Waals surface area contributed by atoms with E-state index in [0.717, 1.165) is 308 Å². The standard InChI is InChI=1S/C41H63NO7.C40H62N2O6.C38H58N2O7/c1-3-4-5-12-19-38(49-41(45)33-46-32-40(44)48-31-16-18-36-26-28-37(42)29-27-36)20-13-10-8-6-7-9-11-14-21-39(43)47-30-15-17-35-24-22-34(2)23-25-35;1-2-3-4-11-18-37(48-40(45)30-29-39(44)47-32-15-17-34-23-27-36(42)28-24-34)19-12-9-7-5-6-8-10-13-20-38(43)46-31-14-16-33-21-25-35(41)26-22-33;1-2-3-4-11-14-35(47-38(43)30-44-29-37(42)46-28-26-32-19-23-34(40)24-20-32)15-12-9-7-5-6-8-10-13-16-36(41)45-27-25-31-17-21-33(39)22-18-31/h22-29,38H,3-21,30-33,42H2,1-2H3;21-28,37H,2-20,29-32,41-42H2,1H3;17-24,35H,2-16,25-30,39-40H2,1H3/t38-;37-;35-/m111/s1. The van der Waals surface area contributed by atoms with Crippen molar-refractivity contribution < 1.29 is 95.3 Å². The normalized spacial score (nSPS) is 11.6. The number of hydrogen-bond donors (Lipinski definition) is 5. The summed E-state index contributed by atoms with van der Waals surface area (Å²) >= 11 is 0. The largest absolute Gasteiger partial charge is 0.466 e. The molecule has 144 heavy (non-hydrogen) atoms. The summed E-state index contributed by atoms with van der Waals surface area (Å²) in [7, 11) is 0. The van der Waals surface area contributed by atoms with Crippen LogP contribution >= 0.6 is 0 Å². The van der Waals surface area contributed by atoms with Gasteiger partial charge in [-0.1, -0.05) is 285 Å². The lowest BCUT2D eigenvalue weighted by molar-refractivity contribution is -0.161. The van der Waals surface area contributed by atoms with E-state index < -0.39 is 23.9 Å². The minimum atomic E-state index is -0.506. The Kier molecular flexibility index (Phi) is 74.8. The highest BCUT2D eigenvalue weighted by Crippen LogP contribution is 2.24. The lowest BCUT2D eigenvalue weighted by Gasteiger charge is -2.18. The SMILES string of the molecule is CCCCCC[C@H](CCCCCCCCCCC(=O)OCCCc1ccc(C)cc1)OC(=O)COCC(=O)OCCCc1ccc(N)cc1.CCCCCC[C@H](CCCCCCCCCCC(=O)OCCCc1ccc(N)cc1)OC(=O)CCC(=O)OCCCc1ccc(N)cc1.CCCCCC[C@H](CCCCCCCCCCC(=O)OCCc1ccc(N)cc1)OC(=O)COCC(=O)OCCc1ccc(N)cc1. The van der Waals surface area contributed by atoms with Crippen LogP contribution in [0.2, 0.25) is 0 Å². The fraction of sp³-hybridized carbons (Fsp3) is 0.622. The lowest BCUT2D eigenvalue weighted by Crippen LogP contribution is -2.24. The number of aryl methyl sites for hydroxylation is 5. The van der Waals surface area contributed by atoms with Gasteiger partial charge in [0.2, 0.25) is 0 Å². The predicted molar refractivity (Wildman–Crippen MR) is 577 cm³/mol. The maximum Gasteiger partial charge on any atom is 0.332 e. The van der Waals surface area contributed by atoms with Crippen molar-refractivity contribution in [3.8, 4) is 0 Å². The molecule has 0 saturated carbocycles. The molecule has 0 fully saturated rings. The maximum atomic E-state index is 12.5. The van der Waals surface area contributed by atoms with Crippen molar-refractivity contribution in [1.82, 2.24) is 0 Å². The van der Waals surface area contributed by atoms with Crippen molar-refractivity contribution in [2.45, 2.75) is 412 Å². The van der Waals surface area contributed by atoms with Gasteiger partial charge in [0.25, 0.3) is 0 Å². The quantitative estimate of drug-likeness (QED) is 0.0102. The molecule has 25 heteroatoms. The minimum Gasteiger partial charge on any atom is -0.466 e. The highest BCUT2D eigenvalue weighted by Gasteiger charge is 2.21. The van der Waals surface area contributed by atoms with Gasteiger partial charge in [-0.3, -0.25) is 24.0 Å². The Morgan fingerprint density at radius 1 is 0.201 bits per heavy atom. The third-order valence-electron chi connectivity index (χ3n) is 25.2. The molecule has 0 saturated heterocycles. The van der Waals surface area contributed by atoms with Gasteiger partial charge in [-0.05, 0) is 249 Å². The molecule has 0 aliphatic rings. The van der Waals surface area contributed by atoms with Gasteiger partial charge in [-0.15, -0.1) is 0 Å². The van der Waals surface area contributed by atoms with E-state index >= 15 is 0 Å². The summed E-state index contributed by atoms with van der Waals surface area (Å²) in [5, 5.41) is 0. The molecule has 0 aliphatic heterocycles. The van der Waals surface area contributed by atoms with Crippen LogP contribution in [-0.4, -0.2) is 138 Å². The Morgan fingerprint density at radius 3 is 0.667 bits per heavy atom. The van der Waals surface area contributed by atoms with E-state index in [1.54, 1.807) is 0 Å². The molecule has 804 valence electrons. The van der Waals surface area contributed by atoms with Crippen LogP contribution in [0.4, 0.5) is 28.4 Å². The average molecular weight is 2000 g/mol. The second-order valence-electron chi connectivity index (χ2n) is 38.4. The van der Waals surface area contributed by atoms with Crippen LogP contribution in [0.3, 0.4) is 0 Å². The Balaban J connectivity index is 0.000000450. The van der Waals surface area contributed by atoms with E-state index in [2.05, 4.69) is 52.0 Å². The minimum absolute atomic E-state index is 0.0513. The molecule has 0 amide bonds. The Hall–Kier alpha value is -10.5. The molecule has 0 heterocycles. The van der Waals surface area contributed by atoms with Gasteiger partial charge in [0, 0.05) is 60.5 Å². The van der Waals surface area contributed by atoms with Gasteiger partial charge in [0.1, 0.15) is 44.7 Å². The number of carbonyl (C=O) groups is 9. The molecule has 6 aromatic carbocycles. The molecule has 0 aliphatic carbocycles. The zero-order valence-corrected chi connectivity index (χ0v) is 88.5. The molecular formula is C119H183N5O20. The molecule has 0 radical (unpaired) electrons. The molecular weight excluding hydrogens is 1820 g/mol. The first-order chi connectivity index (χ1) is 70.1. The summed E-state index contributed by atoms with van der Waals surface area (Å²) < 4.78 is 59.7. The second kappa shape index (κ2) is 85.7. The van der Waals surface area contributed by atoms with Crippen molar-refractivity contribution in [1.29, 1.82) is 0 Å². The average Bonchev–Trinajstić information content (AvgIpc) is 0.958. The first kappa shape index (κ1) is 126. The van der Waals surface area contributed by atoms with Crippen molar-refractivity contribution in [2.75, 3.05) is 94.7 Å². The van der Waals surface area contributed by atoms with Crippen LogP contribution in [0.1, 0.15) is 387 Å². The third kappa shape index (κ3) is 72.7. The number of hydrogen-bond acceptors (Lipinski definition) is 25. The molecule has 0 spiro atoms.